The topological polar surface area (TPSA) is 44.8 Å². The van der Waals surface area contributed by atoms with Crippen molar-refractivity contribution in [2.75, 3.05) is 13.1 Å². The predicted molar refractivity (Wildman–Crippen MR) is 95.7 cm³/mol. The number of nitrogens with one attached hydrogen (secondary N) is 1. The Morgan fingerprint density at radius 2 is 1.82 bits per heavy atom. The summed E-state index contributed by atoms with van der Waals surface area (Å²) in [6.45, 7) is 1.03. The Hall–Kier alpha value is -3.00. The molecule has 1 atom stereocenters. The molecule has 28 heavy (non-hydrogen) atoms. The molecule has 2 aromatic rings. The first kappa shape index (κ1) is 18.4. The minimum Gasteiger partial charge on any atom is -0.387 e. The van der Waals surface area contributed by atoms with Crippen molar-refractivity contribution in [3.8, 4) is 0 Å². The fraction of sp³-hybridized carbons (Fsp3) is 0.250. The maximum Gasteiger partial charge on any atom is 0.253 e. The van der Waals surface area contributed by atoms with Crippen LogP contribution in [-0.2, 0) is 4.84 Å². The van der Waals surface area contributed by atoms with Crippen molar-refractivity contribution in [3.63, 3.8) is 0 Å². The highest BCUT2D eigenvalue weighted by Crippen LogP contribution is 2.26. The Morgan fingerprint density at radius 3 is 2.57 bits per heavy atom. The van der Waals surface area contributed by atoms with E-state index >= 15 is 0 Å². The number of carbonyl (C=O) groups excluding carboxylic acids is 1. The second-order valence-corrected chi connectivity index (χ2v) is 6.77. The van der Waals surface area contributed by atoms with Gasteiger partial charge in [-0.1, -0.05) is 5.59 Å². The van der Waals surface area contributed by atoms with Gasteiger partial charge in [-0.3, -0.25) is 9.80 Å². The third-order valence-corrected chi connectivity index (χ3v) is 4.88. The van der Waals surface area contributed by atoms with Crippen molar-refractivity contribution < 1.29 is 22.8 Å². The zero-order chi connectivity index (χ0) is 19.7. The van der Waals surface area contributed by atoms with Crippen LogP contribution in [0.5, 0.6) is 0 Å². The molecule has 0 bridgehead atoms. The second kappa shape index (κ2) is 7.55. The molecule has 0 radical (unpaired) electrons. The van der Waals surface area contributed by atoms with Gasteiger partial charge in [-0.05, 0) is 49.2 Å². The lowest BCUT2D eigenvalue weighted by atomic mass is 10.0. The van der Waals surface area contributed by atoms with E-state index in [2.05, 4.69) is 5.59 Å². The van der Waals surface area contributed by atoms with Crippen molar-refractivity contribution in [1.29, 1.82) is 0 Å². The number of benzene rings is 2. The Labute approximate surface area is 159 Å². The summed E-state index contributed by atoms with van der Waals surface area (Å²) in [6, 6.07) is 8.64. The minimum absolute atomic E-state index is 0.0841. The van der Waals surface area contributed by atoms with Gasteiger partial charge in [0.2, 0.25) is 0 Å². The van der Waals surface area contributed by atoms with E-state index in [9.17, 15) is 18.0 Å². The van der Waals surface area contributed by atoms with Crippen LogP contribution in [0.2, 0.25) is 0 Å². The van der Waals surface area contributed by atoms with Crippen LogP contribution in [-0.4, -0.2) is 34.9 Å². The normalized spacial score (nSPS) is 19.4. The minimum atomic E-state index is -0.716. The summed E-state index contributed by atoms with van der Waals surface area (Å²) >= 11 is 0. The predicted octanol–water partition coefficient (Wildman–Crippen LogP) is 3.46. The first-order valence-electron chi connectivity index (χ1n) is 8.94. The zero-order valence-electron chi connectivity index (χ0n) is 14.9. The number of piperidine rings is 1. The number of nitrogens with zero attached hydrogens (tertiary/aromatic N) is 2. The van der Waals surface area contributed by atoms with Crippen molar-refractivity contribution in [1.82, 2.24) is 15.5 Å². The molecule has 2 aliphatic heterocycles. The number of halogens is 3. The lowest BCUT2D eigenvalue weighted by molar-refractivity contribution is -0.00251. The molecule has 1 amide bonds. The van der Waals surface area contributed by atoms with E-state index in [0.29, 0.717) is 18.7 Å². The summed E-state index contributed by atoms with van der Waals surface area (Å²) in [6.07, 6.45) is 3.19. The number of likely N-dealkylation sites (tertiary alicyclic amines) is 1. The van der Waals surface area contributed by atoms with E-state index in [-0.39, 0.29) is 23.3 Å². The molecule has 1 N–H and O–H groups in total. The lowest BCUT2D eigenvalue weighted by Crippen LogP contribution is -2.50. The van der Waals surface area contributed by atoms with Crippen LogP contribution in [0.1, 0.15) is 28.8 Å². The van der Waals surface area contributed by atoms with Crippen molar-refractivity contribution >= 4 is 11.7 Å². The van der Waals surface area contributed by atoms with Crippen LogP contribution < -0.4 is 5.59 Å². The maximum absolute atomic E-state index is 14.0. The van der Waals surface area contributed by atoms with Crippen LogP contribution in [0, 0.1) is 17.5 Å². The summed E-state index contributed by atoms with van der Waals surface area (Å²) < 4.78 is 40.1. The molecule has 0 saturated carbocycles. The maximum atomic E-state index is 14.0. The highest BCUT2D eigenvalue weighted by molar-refractivity contribution is 5.94. The second-order valence-electron chi connectivity index (χ2n) is 6.77. The molecule has 0 aliphatic carbocycles. The van der Waals surface area contributed by atoms with Gasteiger partial charge in [0.05, 0.1) is 17.8 Å². The lowest BCUT2D eigenvalue weighted by Gasteiger charge is -2.36. The Morgan fingerprint density at radius 1 is 1.07 bits per heavy atom. The molecule has 2 aliphatic rings. The zero-order valence-corrected chi connectivity index (χ0v) is 14.9. The standard InChI is InChI=1S/C20H18F3N3O2/c21-14-5-3-13(4-6-14)20(27)25-9-1-2-16(11-25)26-12-19(28-24-26)17-8-7-15(22)10-18(17)23/h3-8,10,12,16,24H,1-2,9,11H2. The smallest absolute Gasteiger partial charge is 0.253 e. The van der Waals surface area contributed by atoms with Gasteiger partial charge in [-0.25, -0.2) is 13.2 Å². The molecule has 1 unspecified atom stereocenters. The van der Waals surface area contributed by atoms with Crippen LogP contribution >= 0.6 is 0 Å². The summed E-state index contributed by atoms with van der Waals surface area (Å²) in [7, 11) is 0. The highest BCUT2D eigenvalue weighted by atomic mass is 19.1. The molecule has 1 saturated heterocycles. The molecule has 8 heteroatoms. The van der Waals surface area contributed by atoms with Gasteiger partial charge >= 0.3 is 0 Å². The molecule has 0 spiro atoms. The molecule has 2 heterocycles. The van der Waals surface area contributed by atoms with Crippen molar-refractivity contribution in [3.05, 3.63) is 77.2 Å². The quantitative estimate of drug-likeness (QED) is 0.873. The van der Waals surface area contributed by atoms with E-state index in [0.717, 1.165) is 25.0 Å². The van der Waals surface area contributed by atoms with Gasteiger partial charge in [0.25, 0.3) is 5.91 Å². The molecular weight excluding hydrogens is 371 g/mol. The summed E-state index contributed by atoms with van der Waals surface area (Å²) in [5, 5.41) is 1.68. The van der Waals surface area contributed by atoms with Gasteiger partial charge < -0.3 is 9.74 Å². The number of hydrazine groups is 1. The van der Waals surface area contributed by atoms with E-state index in [1.54, 1.807) is 16.1 Å². The first-order valence-corrected chi connectivity index (χ1v) is 8.94. The fourth-order valence-corrected chi connectivity index (χ4v) is 3.42. The highest BCUT2D eigenvalue weighted by Gasteiger charge is 2.31. The van der Waals surface area contributed by atoms with Crippen LogP contribution in [0.4, 0.5) is 13.2 Å². The van der Waals surface area contributed by atoms with Crippen molar-refractivity contribution in [2.24, 2.45) is 0 Å². The van der Waals surface area contributed by atoms with E-state index in [1.165, 1.54) is 30.3 Å². The third kappa shape index (κ3) is 3.68. The average Bonchev–Trinajstić information content (AvgIpc) is 3.18. The first-order chi connectivity index (χ1) is 13.5. The molecule has 4 rings (SSSR count). The molecule has 1 fully saturated rings. The van der Waals surface area contributed by atoms with Crippen molar-refractivity contribution in [2.45, 2.75) is 18.9 Å². The Balaban J connectivity index is 1.47. The van der Waals surface area contributed by atoms with Gasteiger partial charge in [0, 0.05) is 24.7 Å². The van der Waals surface area contributed by atoms with E-state index in [4.69, 9.17) is 4.84 Å². The van der Waals surface area contributed by atoms with Gasteiger partial charge in [0.1, 0.15) is 17.5 Å². The number of amides is 1. The molecule has 0 aromatic heterocycles. The van der Waals surface area contributed by atoms with Crippen LogP contribution in [0.15, 0.2) is 48.7 Å². The monoisotopic (exact) mass is 389 g/mol. The molecular formula is C20H18F3N3O2. The Kier molecular flexibility index (Phi) is 4.95. The average molecular weight is 389 g/mol. The van der Waals surface area contributed by atoms with Gasteiger partial charge in [-0.2, -0.15) is 0 Å². The van der Waals surface area contributed by atoms with Crippen LogP contribution in [0.3, 0.4) is 0 Å². The van der Waals surface area contributed by atoms with E-state index < -0.39 is 17.5 Å². The molecule has 146 valence electrons. The van der Waals surface area contributed by atoms with E-state index in [1.807, 2.05) is 0 Å². The third-order valence-electron chi connectivity index (χ3n) is 4.88. The SMILES string of the molecule is O=C(c1ccc(F)cc1)N1CCCC(N2C=C(c3ccc(F)cc3F)ON2)C1. The van der Waals surface area contributed by atoms with Gasteiger partial charge in [0.15, 0.2) is 5.76 Å². The summed E-state index contributed by atoms with van der Waals surface area (Å²) in [4.78, 5) is 19.7. The van der Waals surface area contributed by atoms with Crippen LogP contribution in [0.25, 0.3) is 5.76 Å². The summed E-state index contributed by atoms with van der Waals surface area (Å²) in [5.74, 6) is -1.70. The number of hydrogen-bond acceptors (Lipinski definition) is 4. The summed E-state index contributed by atoms with van der Waals surface area (Å²) in [5.41, 5.74) is 3.29. The number of rotatable bonds is 3. The Bertz CT molecular complexity index is 917. The number of carbonyl (C=O) groups is 1. The van der Waals surface area contributed by atoms with Gasteiger partial charge in [-0.15, -0.1) is 0 Å². The largest absolute Gasteiger partial charge is 0.387 e. The number of hydrogen-bond donors (Lipinski definition) is 1. The fourth-order valence-electron chi connectivity index (χ4n) is 3.42. The molecule has 2 aromatic carbocycles. The molecule has 5 nitrogen and oxygen atoms in total.